The normalized spacial score (nSPS) is 30.8. The minimum Gasteiger partial charge on any atom is -0.388 e. The van der Waals surface area contributed by atoms with Crippen LogP contribution in [0.15, 0.2) is 6.33 Å². The van der Waals surface area contributed by atoms with Gasteiger partial charge in [0.25, 0.3) is 0 Å². The molecule has 0 saturated carbocycles. The zero-order valence-electron chi connectivity index (χ0n) is 17.8. The second-order valence-corrected chi connectivity index (χ2v) is 9.31. The van der Waals surface area contributed by atoms with Gasteiger partial charge in [-0.25, -0.2) is 4.98 Å². The van der Waals surface area contributed by atoms with Gasteiger partial charge in [0.2, 0.25) is 11.9 Å². The molecule has 5 heterocycles. The molecule has 2 aromatic heterocycles. The molecule has 0 unspecified atom stereocenters. The molecule has 11 nitrogen and oxygen atoms in total. The minimum atomic E-state index is -1.06. The van der Waals surface area contributed by atoms with Gasteiger partial charge in [0.05, 0.1) is 36.2 Å². The first-order valence-corrected chi connectivity index (χ1v) is 10.9. The number of aliphatic hydroxyl groups is 1. The number of likely N-dealkylation sites (tertiary alicyclic amines) is 1. The second kappa shape index (κ2) is 7.28. The van der Waals surface area contributed by atoms with Crippen LogP contribution < -0.4 is 16.8 Å². The lowest BCUT2D eigenvalue weighted by molar-refractivity contribution is -0.197. The van der Waals surface area contributed by atoms with Gasteiger partial charge in [-0.2, -0.15) is 9.97 Å². The van der Waals surface area contributed by atoms with Crippen molar-refractivity contribution in [3.63, 3.8) is 0 Å². The van der Waals surface area contributed by atoms with Crippen LogP contribution in [0.3, 0.4) is 0 Å². The van der Waals surface area contributed by atoms with E-state index in [4.69, 9.17) is 16.2 Å². The van der Waals surface area contributed by atoms with Crippen LogP contribution in [0.25, 0.3) is 11.2 Å². The largest absolute Gasteiger partial charge is 0.388 e. The Labute approximate surface area is 180 Å². The zero-order chi connectivity index (χ0) is 21.8. The van der Waals surface area contributed by atoms with Gasteiger partial charge in [-0.15, -0.1) is 0 Å². The van der Waals surface area contributed by atoms with Gasteiger partial charge in [0, 0.05) is 19.5 Å². The highest BCUT2D eigenvalue weighted by Gasteiger charge is 2.50. The predicted molar refractivity (Wildman–Crippen MR) is 114 cm³/mol. The molecule has 0 bridgehead atoms. The Kier molecular flexibility index (Phi) is 4.79. The zero-order valence-corrected chi connectivity index (χ0v) is 17.8. The van der Waals surface area contributed by atoms with Gasteiger partial charge in [-0.3, -0.25) is 4.79 Å². The van der Waals surface area contributed by atoms with Crippen molar-refractivity contribution in [3.8, 4) is 0 Å². The van der Waals surface area contributed by atoms with E-state index in [1.54, 1.807) is 10.9 Å². The number of ether oxygens (including phenoxy) is 1. The number of hydrogen-bond donors (Lipinski definition) is 4. The molecule has 0 aliphatic carbocycles. The number of carbonyl (C=O) groups is 1. The van der Waals surface area contributed by atoms with E-state index < -0.39 is 11.2 Å². The highest BCUT2D eigenvalue weighted by Crippen LogP contribution is 2.44. The van der Waals surface area contributed by atoms with Crippen molar-refractivity contribution >= 4 is 28.8 Å². The summed E-state index contributed by atoms with van der Waals surface area (Å²) in [4.78, 5) is 27.2. The van der Waals surface area contributed by atoms with E-state index in [1.165, 1.54) is 0 Å². The van der Waals surface area contributed by atoms with E-state index in [2.05, 4.69) is 20.3 Å². The molecule has 0 aromatic carbocycles. The number of nitrogens with zero attached hydrogens (tertiary/aromatic N) is 5. The van der Waals surface area contributed by atoms with E-state index in [-0.39, 0.29) is 29.8 Å². The first-order valence-electron chi connectivity index (χ1n) is 10.9. The summed E-state index contributed by atoms with van der Waals surface area (Å²) in [6, 6.07) is -0.440. The predicted octanol–water partition coefficient (Wildman–Crippen LogP) is -0.184. The van der Waals surface area contributed by atoms with Gasteiger partial charge < -0.3 is 36.1 Å². The lowest BCUT2D eigenvalue weighted by Crippen LogP contribution is -2.59. The summed E-state index contributed by atoms with van der Waals surface area (Å²) in [5.41, 5.74) is 11.1. The Hall–Kier alpha value is -2.50. The van der Waals surface area contributed by atoms with Crippen LogP contribution in [0, 0.1) is 0 Å². The smallest absolute Gasteiger partial charge is 0.239 e. The number of piperidine rings is 1. The third kappa shape index (κ3) is 3.50. The van der Waals surface area contributed by atoms with E-state index >= 15 is 0 Å². The number of anilines is 2. The number of fused-ring (bicyclic) bond motifs is 1. The van der Waals surface area contributed by atoms with Crippen molar-refractivity contribution in [2.24, 2.45) is 0 Å². The van der Waals surface area contributed by atoms with E-state index in [0.29, 0.717) is 50.1 Å². The number of amides is 1. The quantitative estimate of drug-likeness (QED) is 0.507. The molecule has 1 amide bonds. The summed E-state index contributed by atoms with van der Waals surface area (Å²) >= 11 is 0. The fraction of sp³-hybridized carbons (Fsp3) is 0.700. The first kappa shape index (κ1) is 20.4. The molecule has 3 aliphatic heterocycles. The molecule has 3 saturated heterocycles. The highest BCUT2D eigenvalue weighted by atomic mass is 16.5. The third-order valence-electron chi connectivity index (χ3n) is 7.09. The molecule has 3 aliphatic rings. The van der Waals surface area contributed by atoms with Gasteiger partial charge in [-0.05, 0) is 39.2 Å². The molecule has 5 rings (SSSR count). The number of aromatic nitrogens is 4. The van der Waals surface area contributed by atoms with Gasteiger partial charge in [0.15, 0.2) is 11.5 Å². The van der Waals surface area contributed by atoms with Crippen molar-refractivity contribution in [3.05, 3.63) is 6.33 Å². The lowest BCUT2D eigenvalue weighted by atomic mass is 9.75. The highest BCUT2D eigenvalue weighted by molar-refractivity contribution is 5.83. The van der Waals surface area contributed by atoms with Crippen molar-refractivity contribution in [1.29, 1.82) is 0 Å². The average molecular weight is 431 g/mol. The lowest BCUT2D eigenvalue weighted by Gasteiger charge is -2.51. The summed E-state index contributed by atoms with van der Waals surface area (Å²) in [5, 5.41) is 14.7. The molecule has 168 valence electrons. The minimum absolute atomic E-state index is 0.0507. The average Bonchev–Trinajstić information content (AvgIpc) is 3.38. The molecule has 1 spiro atoms. The van der Waals surface area contributed by atoms with E-state index in [9.17, 15) is 9.90 Å². The van der Waals surface area contributed by atoms with Crippen molar-refractivity contribution in [1.82, 2.24) is 29.7 Å². The monoisotopic (exact) mass is 430 g/mol. The fourth-order valence-corrected chi connectivity index (χ4v) is 5.39. The maximum Gasteiger partial charge on any atom is 0.239 e. The Morgan fingerprint density at radius 1 is 1.32 bits per heavy atom. The Balaban J connectivity index is 1.31. The van der Waals surface area contributed by atoms with Gasteiger partial charge in [0.1, 0.15) is 5.52 Å². The van der Waals surface area contributed by atoms with Crippen LogP contribution in [0.4, 0.5) is 11.8 Å². The van der Waals surface area contributed by atoms with Crippen molar-refractivity contribution in [2.75, 3.05) is 37.7 Å². The first-order chi connectivity index (χ1) is 14.8. The Morgan fingerprint density at radius 3 is 2.77 bits per heavy atom. The summed E-state index contributed by atoms with van der Waals surface area (Å²) in [7, 11) is 0. The molecule has 3 fully saturated rings. The maximum absolute atomic E-state index is 12.7. The standard InChI is InChI=1S/C20H30N8O3/c1-19(30)10-20(4-7-27(8-5-20)17(29)12-3-2-6-23-12)31-9-13(19)28-11-24-14-15(21)25-18(22)26-16(14)28/h11-13,23,30H,2-10H2,1H3,(H4,21,22,25,26)/t12-,13+,19+/m0/s1. The summed E-state index contributed by atoms with van der Waals surface area (Å²) in [5.74, 6) is 0.462. The van der Waals surface area contributed by atoms with Crippen LogP contribution in [0.2, 0.25) is 0 Å². The Morgan fingerprint density at radius 2 is 2.10 bits per heavy atom. The number of rotatable bonds is 2. The SMILES string of the molecule is C[C@@]1(O)CC2(CCN(C(=O)[C@@H]3CCCN3)CC2)OC[C@H]1n1cnc2c(N)nc(N)nc21. The van der Waals surface area contributed by atoms with Gasteiger partial charge >= 0.3 is 0 Å². The van der Waals surface area contributed by atoms with Crippen molar-refractivity contribution in [2.45, 2.75) is 62.3 Å². The molecular weight excluding hydrogens is 400 g/mol. The van der Waals surface area contributed by atoms with Gasteiger partial charge in [-0.1, -0.05) is 0 Å². The van der Waals surface area contributed by atoms with Crippen LogP contribution in [-0.4, -0.2) is 78.9 Å². The summed E-state index contributed by atoms with van der Waals surface area (Å²) in [6.07, 6.45) is 5.44. The third-order valence-corrected chi connectivity index (χ3v) is 7.09. The number of nitrogen functional groups attached to an aromatic ring is 2. The number of imidazole rings is 1. The fourth-order valence-electron chi connectivity index (χ4n) is 5.39. The number of hydrogen-bond acceptors (Lipinski definition) is 9. The van der Waals surface area contributed by atoms with E-state index in [0.717, 1.165) is 19.4 Å². The molecule has 11 heteroatoms. The molecule has 6 N–H and O–H groups in total. The Bertz CT molecular complexity index is 992. The second-order valence-electron chi connectivity index (χ2n) is 9.31. The van der Waals surface area contributed by atoms with Crippen LogP contribution in [-0.2, 0) is 9.53 Å². The number of carbonyl (C=O) groups excluding carboxylic acids is 1. The molecule has 31 heavy (non-hydrogen) atoms. The number of nitrogens with one attached hydrogen (secondary N) is 1. The topological polar surface area (TPSA) is 157 Å². The van der Waals surface area contributed by atoms with Crippen LogP contribution in [0.1, 0.15) is 45.1 Å². The summed E-state index contributed by atoms with van der Waals surface area (Å²) in [6.45, 7) is 4.33. The molecule has 3 atom stereocenters. The maximum atomic E-state index is 12.7. The van der Waals surface area contributed by atoms with E-state index in [1.807, 2.05) is 11.8 Å². The summed E-state index contributed by atoms with van der Waals surface area (Å²) < 4.78 is 8.15. The molecular formula is C20H30N8O3. The van der Waals surface area contributed by atoms with Crippen LogP contribution in [0.5, 0.6) is 0 Å². The molecule has 2 aromatic rings. The molecule has 0 radical (unpaired) electrons. The number of nitrogens with two attached hydrogens (primary N) is 2. The van der Waals surface area contributed by atoms with Crippen molar-refractivity contribution < 1.29 is 14.6 Å². The van der Waals surface area contributed by atoms with Crippen LogP contribution >= 0.6 is 0 Å².